The van der Waals surface area contributed by atoms with Crippen LogP contribution in [0.15, 0.2) is 17.2 Å². The van der Waals surface area contributed by atoms with Crippen LogP contribution in [0, 0.1) is 5.92 Å². The monoisotopic (exact) mass is 314 g/mol. The average Bonchev–Trinajstić information content (AvgIpc) is 2.83. The van der Waals surface area contributed by atoms with E-state index >= 15 is 0 Å². The summed E-state index contributed by atoms with van der Waals surface area (Å²) < 4.78 is 28.9. The Hall–Kier alpha value is -1.34. The fourth-order valence-electron chi connectivity index (χ4n) is 2.90. The van der Waals surface area contributed by atoms with Gasteiger partial charge in [0, 0.05) is 18.8 Å². The molecular formula is C14H22N2O4S. The summed E-state index contributed by atoms with van der Waals surface area (Å²) in [5.41, 5.74) is -0.00473. The number of rotatable bonds is 5. The SMILES string of the molecule is CCn1cc(S(=O)(=O)NC2CCCC(C)C2)cc1C(=O)O. The highest BCUT2D eigenvalue weighted by atomic mass is 32.2. The van der Waals surface area contributed by atoms with Gasteiger partial charge in [-0.1, -0.05) is 19.8 Å². The maximum atomic E-state index is 12.4. The van der Waals surface area contributed by atoms with Crippen LogP contribution in [0.5, 0.6) is 0 Å². The van der Waals surface area contributed by atoms with Gasteiger partial charge in [-0.25, -0.2) is 17.9 Å². The number of aromatic carboxylic acids is 1. The number of aromatic nitrogens is 1. The molecule has 2 rings (SSSR count). The van der Waals surface area contributed by atoms with Gasteiger partial charge in [0.1, 0.15) is 10.6 Å². The highest BCUT2D eigenvalue weighted by molar-refractivity contribution is 7.89. The number of carbonyl (C=O) groups is 1. The first-order chi connectivity index (χ1) is 9.83. The Balaban J connectivity index is 2.21. The Morgan fingerprint density at radius 1 is 1.48 bits per heavy atom. The number of sulfonamides is 1. The summed E-state index contributed by atoms with van der Waals surface area (Å²) in [4.78, 5) is 11.1. The predicted molar refractivity (Wildman–Crippen MR) is 78.8 cm³/mol. The van der Waals surface area contributed by atoms with Crippen LogP contribution in [0.3, 0.4) is 0 Å². The number of carboxylic acids is 1. The highest BCUT2D eigenvalue weighted by Gasteiger charge is 2.26. The van der Waals surface area contributed by atoms with Crippen LogP contribution in [-0.2, 0) is 16.6 Å². The van der Waals surface area contributed by atoms with E-state index in [4.69, 9.17) is 5.11 Å². The summed E-state index contributed by atoms with van der Waals surface area (Å²) in [6, 6.07) is 1.16. The summed E-state index contributed by atoms with van der Waals surface area (Å²) >= 11 is 0. The minimum Gasteiger partial charge on any atom is -0.477 e. The minimum absolute atomic E-state index is 0.00473. The van der Waals surface area contributed by atoms with Gasteiger partial charge in [-0.05, 0) is 31.7 Å². The van der Waals surface area contributed by atoms with Gasteiger partial charge < -0.3 is 9.67 Å². The first-order valence-electron chi connectivity index (χ1n) is 7.29. The van der Waals surface area contributed by atoms with Crippen molar-refractivity contribution in [2.45, 2.75) is 57.0 Å². The van der Waals surface area contributed by atoms with Crippen molar-refractivity contribution in [1.82, 2.24) is 9.29 Å². The Morgan fingerprint density at radius 2 is 2.19 bits per heavy atom. The zero-order valence-electron chi connectivity index (χ0n) is 12.4. The largest absolute Gasteiger partial charge is 0.477 e. The first-order valence-corrected chi connectivity index (χ1v) is 8.77. The lowest BCUT2D eigenvalue weighted by molar-refractivity contribution is 0.0685. The second kappa shape index (κ2) is 6.19. The molecule has 0 aliphatic heterocycles. The molecule has 1 fully saturated rings. The molecule has 1 saturated carbocycles. The Bertz CT molecular complexity index is 621. The van der Waals surface area contributed by atoms with Crippen LogP contribution < -0.4 is 4.72 Å². The van der Waals surface area contributed by atoms with Gasteiger partial charge in [0.15, 0.2) is 0 Å². The maximum absolute atomic E-state index is 12.4. The van der Waals surface area contributed by atoms with E-state index in [-0.39, 0.29) is 16.6 Å². The number of carboxylic acid groups (broad SMARTS) is 1. The number of hydrogen-bond acceptors (Lipinski definition) is 3. The van der Waals surface area contributed by atoms with Gasteiger partial charge in [-0.3, -0.25) is 0 Å². The summed E-state index contributed by atoms with van der Waals surface area (Å²) in [5.74, 6) is -0.606. The Morgan fingerprint density at radius 3 is 2.71 bits per heavy atom. The molecule has 0 amide bonds. The molecule has 21 heavy (non-hydrogen) atoms. The molecule has 0 bridgehead atoms. The molecule has 7 heteroatoms. The molecule has 2 unspecified atom stereocenters. The number of nitrogens with one attached hydrogen (secondary N) is 1. The van der Waals surface area contributed by atoms with Gasteiger partial charge in [-0.15, -0.1) is 0 Å². The predicted octanol–water partition coefficient (Wildman–Crippen LogP) is 2.06. The van der Waals surface area contributed by atoms with Gasteiger partial charge in [-0.2, -0.15) is 0 Å². The van der Waals surface area contributed by atoms with Crippen molar-refractivity contribution in [1.29, 1.82) is 0 Å². The van der Waals surface area contributed by atoms with E-state index in [0.29, 0.717) is 12.5 Å². The Kier molecular flexibility index (Phi) is 4.73. The summed E-state index contributed by atoms with van der Waals surface area (Å²) in [5, 5.41) is 9.10. The van der Waals surface area contributed by atoms with Gasteiger partial charge in [0.05, 0.1) is 0 Å². The molecular weight excluding hydrogens is 292 g/mol. The normalized spacial score (nSPS) is 23.1. The first kappa shape index (κ1) is 16.0. The zero-order chi connectivity index (χ0) is 15.6. The van der Waals surface area contributed by atoms with Crippen molar-refractivity contribution < 1.29 is 18.3 Å². The highest BCUT2D eigenvalue weighted by Crippen LogP contribution is 2.25. The van der Waals surface area contributed by atoms with E-state index in [2.05, 4.69) is 11.6 Å². The molecule has 1 aromatic rings. The molecule has 118 valence electrons. The van der Waals surface area contributed by atoms with Crippen molar-refractivity contribution in [3.05, 3.63) is 18.0 Å². The van der Waals surface area contributed by atoms with Crippen LogP contribution in [0.2, 0.25) is 0 Å². The van der Waals surface area contributed by atoms with Crippen LogP contribution in [-0.4, -0.2) is 30.1 Å². The second-order valence-corrected chi connectivity index (χ2v) is 7.46. The fraction of sp³-hybridized carbons (Fsp3) is 0.643. The van der Waals surface area contributed by atoms with E-state index in [9.17, 15) is 13.2 Å². The quantitative estimate of drug-likeness (QED) is 0.870. The summed E-state index contributed by atoms with van der Waals surface area (Å²) in [7, 11) is -3.66. The van der Waals surface area contributed by atoms with Crippen molar-refractivity contribution in [2.24, 2.45) is 5.92 Å². The molecule has 1 aromatic heterocycles. The fourth-order valence-corrected chi connectivity index (χ4v) is 4.22. The third-order valence-corrected chi connectivity index (χ3v) is 5.49. The Labute approximate surface area is 125 Å². The van der Waals surface area contributed by atoms with E-state index in [0.717, 1.165) is 25.7 Å². The van der Waals surface area contributed by atoms with Crippen molar-refractivity contribution in [3.8, 4) is 0 Å². The molecule has 6 nitrogen and oxygen atoms in total. The number of hydrogen-bond donors (Lipinski definition) is 2. The third kappa shape index (κ3) is 3.65. The molecule has 2 atom stereocenters. The molecule has 1 aliphatic rings. The number of nitrogens with zero attached hydrogens (tertiary/aromatic N) is 1. The van der Waals surface area contributed by atoms with Gasteiger partial charge in [0.25, 0.3) is 0 Å². The lowest BCUT2D eigenvalue weighted by Crippen LogP contribution is -2.37. The van der Waals surface area contributed by atoms with Crippen molar-refractivity contribution >= 4 is 16.0 Å². The van der Waals surface area contributed by atoms with Crippen LogP contribution in [0.25, 0.3) is 0 Å². The maximum Gasteiger partial charge on any atom is 0.352 e. The van der Waals surface area contributed by atoms with E-state index in [1.807, 2.05) is 0 Å². The minimum atomic E-state index is -3.66. The molecule has 1 heterocycles. The molecule has 0 saturated heterocycles. The molecule has 0 spiro atoms. The van der Waals surface area contributed by atoms with Crippen LogP contribution in [0.4, 0.5) is 0 Å². The smallest absolute Gasteiger partial charge is 0.352 e. The van der Waals surface area contributed by atoms with Gasteiger partial charge >= 0.3 is 5.97 Å². The van der Waals surface area contributed by atoms with E-state index < -0.39 is 16.0 Å². The lowest BCUT2D eigenvalue weighted by Gasteiger charge is -2.27. The zero-order valence-corrected chi connectivity index (χ0v) is 13.2. The van der Waals surface area contributed by atoms with Crippen LogP contribution in [0.1, 0.15) is 50.0 Å². The molecule has 0 aromatic carbocycles. The number of aryl methyl sites for hydroxylation is 1. The molecule has 0 radical (unpaired) electrons. The lowest BCUT2D eigenvalue weighted by atomic mass is 9.88. The van der Waals surface area contributed by atoms with Crippen molar-refractivity contribution in [3.63, 3.8) is 0 Å². The summed E-state index contributed by atoms with van der Waals surface area (Å²) in [6.45, 7) is 4.31. The van der Waals surface area contributed by atoms with Crippen LogP contribution >= 0.6 is 0 Å². The second-order valence-electron chi connectivity index (χ2n) is 5.74. The van der Waals surface area contributed by atoms with Gasteiger partial charge in [0.2, 0.25) is 10.0 Å². The van der Waals surface area contributed by atoms with Crippen molar-refractivity contribution in [2.75, 3.05) is 0 Å². The molecule has 2 N–H and O–H groups in total. The third-order valence-electron chi connectivity index (χ3n) is 4.00. The molecule has 1 aliphatic carbocycles. The summed E-state index contributed by atoms with van der Waals surface area (Å²) in [6.07, 6.45) is 5.21. The van der Waals surface area contributed by atoms with E-state index in [1.54, 1.807) is 6.92 Å². The topological polar surface area (TPSA) is 88.4 Å². The average molecular weight is 314 g/mol. The van der Waals surface area contributed by atoms with E-state index in [1.165, 1.54) is 16.8 Å². The standard InChI is InChI=1S/C14H22N2O4S/c1-3-16-9-12(8-13(16)14(17)18)21(19,20)15-11-6-4-5-10(2)7-11/h8-11,15H,3-7H2,1-2H3,(H,17,18).